The summed E-state index contributed by atoms with van der Waals surface area (Å²) in [7, 11) is 0. The third-order valence-corrected chi connectivity index (χ3v) is 3.88. The van der Waals surface area contributed by atoms with Gasteiger partial charge in [0.1, 0.15) is 5.82 Å². The molecule has 18 heavy (non-hydrogen) atoms. The van der Waals surface area contributed by atoms with Crippen LogP contribution in [0.4, 0.5) is 4.39 Å². The Morgan fingerprint density at radius 2 is 2.11 bits per heavy atom. The van der Waals surface area contributed by atoms with E-state index >= 15 is 0 Å². The molecule has 0 spiro atoms. The second-order valence-corrected chi connectivity index (χ2v) is 5.58. The normalized spacial score (nSPS) is 20.6. The minimum atomic E-state index is -0.168. The van der Waals surface area contributed by atoms with E-state index in [-0.39, 0.29) is 11.9 Å². The Labute approximate surface area is 109 Å². The summed E-state index contributed by atoms with van der Waals surface area (Å²) in [5.74, 6) is -0.168. The third-order valence-electron chi connectivity index (χ3n) is 3.88. The van der Waals surface area contributed by atoms with Crippen LogP contribution in [0.3, 0.4) is 0 Å². The first-order chi connectivity index (χ1) is 8.59. The summed E-state index contributed by atoms with van der Waals surface area (Å²) < 4.78 is 18.5. The summed E-state index contributed by atoms with van der Waals surface area (Å²) in [6, 6.07) is 6.99. The van der Waals surface area contributed by atoms with Crippen LogP contribution < -0.4 is 5.32 Å². The summed E-state index contributed by atoms with van der Waals surface area (Å²) in [4.78, 5) is 0. The van der Waals surface area contributed by atoms with Crippen molar-refractivity contribution in [2.24, 2.45) is 5.41 Å². The summed E-state index contributed by atoms with van der Waals surface area (Å²) in [6.45, 7) is 7.03. The molecule has 0 amide bonds. The zero-order valence-electron chi connectivity index (χ0n) is 11.2. The van der Waals surface area contributed by atoms with E-state index in [0.29, 0.717) is 5.41 Å². The molecule has 1 fully saturated rings. The first-order valence-electron chi connectivity index (χ1n) is 6.66. The summed E-state index contributed by atoms with van der Waals surface area (Å²) in [5.41, 5.74) is 1.31. The predicted molar refractivity (Wildman–Crippen MR) is 71.0 cm³/mol. The van der Waals surface area contributed by atoms with Gasteiger partial charge in [0, 0.05) is 25.8 Å². The van der Waals surface area contributed by atoms with Crippen LogP contribution in [0.1, 0.15) is 38.3 Å². The van der Waals surface area contributed by atoms with Crippen LogP contribution in [0, 0.1) is 11.2 Å². The van der Waals surface area contributed by atoms with Crippen LogP contribution >= 0.6 is 0 Å². The van der Waals surface area contributed by atoms with Gasteiger partial charge in [0.2, 0.25) is 0 Å². The van der Waals surface area contributed by atoms with Crippen LogP contribution in [-0.4, -0.2) is 19.8 Å². The zero-order valence-corrected chi connectivity index (χ0v) is 11.2. The van der Waals surface area contributed by atoms with Gasteiger partial charge in [-0.3, -0.25) is 0 Å². The first-order valence-corrected chi connectivity index (χ1v) is 6.66. The van der Waals surface area contributed by atoms with Crippen molar-refractivity contribution in [2.75, 3.05) is 19.8 Å². The van der Waals surface area contributed by atoms with Crippen molar-refractivity contribution in [3.63, 3.8) is 0 Å². The molecule has 2 rings (SSSR count). The molecule has 2 nitrogen and oxygen atoms in total. The quantitative estimate of drug-likeness (QED) is 0.886. The lowest BCUT2D eigenvalue weighted by Gasteiger charge is -2.34. The highest BCUT2D eigenvalue weighted by Gasteiger charge is 2.27. The van der Waals surface area contributed by atoms with Crippen LogP contribution in [0.5, 0.6) is 0 Å². The van der Waals surface area contributed by atoms with E-state index in [1.165, 1.54) is 6.07 Å². The molecule has 1 atom stereocenters. The minimum Gasteiger partial charge on any atom is -0.381 e. The maximum Gasteiger partial charge on any atom is 0.123 e. The molecular weight excluding hydrogens is 229 g/mol. The summed E-state index contributed by atoms with van der Waals surface area (Å²) in [6.07, 6.45) is 2.19. The molecule has 1 aliphatic rings. The highest BCUT2D eigenvalue weighted by molar-refractivity contribution is 5.19. The highest BCUT2D eigenvalue weighted by atomic mass is 19.1. The molecule has 1 N–H and O–H groups in total. The van der Waals surface area contributed by atoms with Gasteiger partial charge < -0.3 is 10.1 Å². The van der Waals surface area contributed by atoms with E-state index in [1.54, 1.807) is 12.1 Å². The molecule has 1 unspecified atom stereocenters. The predicted octanol–water partition coefficient (Wildman–Crippen LogP) is 3.29. The van der Waals surface area contributed by atoms with Crippen molar-refractivity contribution in [1.82, 2.24) is 5.32 Å². The van der Waals surface area contributed by atoms with E-state index in [9.17, 15) is 4.39 Å². The van der Waals surface area contributed by atoms with Crippen LogP contribution in [0.15, 0.2) is 24.3 Å². The second kappa shape index (κ2) is 5.81. The molecule has 3 heteroatoms. The molecule has 1 heterocycles. The molecule has 0 radical (unpaired) electrons. The Bertz CT molecular complexity index is 388. The molecule has 100 valence electrons. The van der Waals surface area contributed by atoms with Gasteiger partial charge in [0.15, 0.2) is 0 Å². The van der Waals surface area contributed by atoms with E-state index in [4.69, 9.17) is 4.74 Å². The molecule has 1 aromatic carbocycles. The molecule has 0 bridgehead atoms. The molecule has 1 aromatic rings. The first kappa shape index (κ1) is 13.5. The monoisotopic (exact) mass is 251 g/mol. The SMILES string of the molecule is CC(NCC1(C)CCOCC1)c1cccc(F)c1. The van der Waals surface area contributed by atoms with Gasteiger partial charge in [-0.2, -0.15) is 0 Å². The largest absolute Gasteiger partial charge is 0.381 e. The molecule has 1 saturated heterocycles. The minimum absolute atomic E-state index is 0.168. The lowest BCUT2D eigenvalue weighted by Crippen LogP contribution is -2.37. The Morgan fingerprint density at radius 3 is 2.78 bits per heavy atom. The van der Waals surface area contributed by atoms with Crippen molar-refractivity contribution >= 4 is 0 Å². The van der Waals surface area contributed by atoms with Crippen molar-refractivity contribution in [1.29, 1.82) is 0 Å². The van der Waals surface area contributed by atoms with Gasteiger partial charge in [-0.1, -0.05) is 19.1 Å². The topological polar surface area (TPSA) is 21.3 Å². The average molecular weight is 251 g/mol. The van der Waals surface area contributed by atoms with E-state index in [2.05, 4.69) is 19.2 Å². The smallest absolute Gasteiger partial charge is 0.123 e. The highest BCUT2D eigenvalue weighted by Crippen LogP contribution is 2.29. The number of benzene rings is 1. The van der Waals surface area contributed by atoms with Gasteiger partial charge in [-0.15, -0.1) is 0 Å². The van der Waals surface area contributed by atoms with Crippen LogP contribution in [-0.2, 0) is 4.74 Å². The maximum absolute atomic E-state index is 13.2. The van der Waals surface area contributed by atoms with E-state index in [0.717, 1.165) is 38.2 Å². The van der Waals surface area contributed by atoms with E-state index in [1.807, 2.05) is 6.07 Å². The van der Waals surface area contributed by atoms with Crippen molar-refractivity contribution in [3.8, 4) is 0 Å². The number of ether oxygens (including phenoxy) is 1. The van der Waals surface area contributed by atoms with Crippen LogP contribution in [0.25, 0.3) is 0 Å². The average Bonchev–Trinajstić information content (AvgIpc) is 2.37. The van der Waals surface area contributed by atoms with Crippen LogP contribution in [0.2, 0.25) is 0 Å². The number of hydrogen-bond acceptors (Lipinski definition) is 2. The lowest BCUT2D eigenvalue weighted by atomic mass is 9.82. The molecular formula is C15H22FNO. The van der Waals surface area contributed by atoms with Gasteiger partial charge >= 0.3 is 0 Å². The Hall–Kier alpha value is -0.930. The summed E-state index contributed by atoms with van der Waals surface area (Å²) in [5, 5.41) is 3.51. The Morgan fingerprint density at radius 1 is 1.39 bits per heavy atom. The van der Waals surface area contributed by atoms with E-state index < -0.39 is 0 Å². The maximum atomic E-state index is 13.2. The van der Waals surface area contributed by atoms with Gasteiger partial charge in [-0.05, 0) is 42.9 Å². The number of halogens is 1. The molecule has 0 aromatic heterocycles. The lowest BCUT2D eigenvalue weighted by molar-refractivity contribution is 0.0231. The molecule has 0 saturated carbocycles. The van der Waals surface area contributed by atoms with Gasteiger partial charge in [0.05, 0.1) is 0 Å². The standard InChI is InChI=1S/C15H22FNO/c1-12(13-4-3-5-14(16)10-13)17-11-15(2)6-8-18-9-7-15/h3-5,10,12,17H,6-9,11H2,1-2H3. The molecule has 0 aliphatic carbocycles. The Kier molecular flexibility index (Phi) is 4.36. The zero-order chi connectivity index (χ0) is 13.0. The van der Waals surface area contributed by atoms with Crippen molar-refractivity contribution < 1.29 is 9.13 Å². The number of rotatable bonds is 4. The number of nitrogens with one attached hydrogen (secondary N) is 1. The third kappa shape index (κ3) is 3.53. The summed E-state index contributed by atoms with van der Waals surface area (Å²) >= 11 is 0. The molecule has 1 aliphatic heterocycles. The fourth-order valence-electron chi connectivity index (χ4n) is 2.33. The number of hydrogen-bond donors (Lipinski definition) is 1. The van der Waals surface area contributed by atoms with Gasteiger partial charge in [-0.25, -0.2) is 4.39 Å². The van der Waals surface area contributed by atoms with Gasteiger partial charge in [0.25, 0.3) is 0 Å². The van der Waals surface area contributed by atoms with Crippen molar-refractivity contribution in [2.45, 2.75) is 32.7 Å². The Balaban J connectivity index is 1.89. The van der Waals surface area contributed by atoms with Crippen molar-refractivity contribution in [3.05, 3.63) is 35.6 Å². The fourth-order valence-corrected chi connectivity index (χ4v) is 2.33. The fraction of sp³-hybridized carbons (Fsp3) is 0.600. The second-order valence-electron chi connectivity index (χ2n) is 5.58.